The molecule has 1 aromatic heterocycles. The van der Waals surface area contributed by atoms with Crippen molar-refractivity contribution in [1.29, 1.82) is 0 Å². The minimum Gasteiger partial charge on any atom is -0.381 e. The highest BCUT2D eigenvalue weighted by Gasteiger charge is 2.09. The summed E-state index contributed by atoms with van der Waals surface area (Å²) in [6, 6.07) is 10.0. The van der Waals surface area contributed by atoms with E-state index in [0.717, 1.165) is 24.3 Å². The number of aryl methyl sites for hydroxylation is 1. The summed E-state index contributed by atoms with van der Waals surface area (Å²) >= 11 is 0. The standard InChI is InChI=1S/C17H23N3O/c1-4-20-12(2)9-15(13(20)3)11-19-16-8-6-5-7-14(16)10-17(18)21/h5-9,19H,4,10-11H2,1-3H3,(H2,18,21). The third kappa shape index (κ3) is 3.45. The number of nitrogens with one attached hydrogen (secondary N) is 1. The molecule has 0 spiro atoms. The Kier molecular flexibility index (Phi) is 4.68. The van der Waals surface area contributed by atoms with Crippen LogP contribution in [0, 0.1) is 13.8 Å². The number of benzene rings is 1. The van der Waals surface area contributed by atoms with Gasteiger partial charge in [-0.05, 0) is 44.0 Å². The zero-order valence-corrected chi connectivity index (χ0v) is 12.9. The largest absolute Gasteiger partial charge is 0.381 e. The number of aromatic nitrogens is 1. The van der Waals surface area contributed by atoms with Crippen LogP contribution in [0.1, 0.15) is 29.4 Å². The van der Waals surface area contributed by atoms with E-state index in [1.807, 2.05) is 24.3 Å². The lowest BCUT2D eigenvalue weighted by Crippen LogP contribution is -2.15. The molecule has 0 atom stereocenters. The second kappa shape index (κ2) is 6.48. The van der Waals surface area contributed by atoms with Crippen molar-refractivity contribution in [3.63, 3.8) is 0 Å². The maximum Gasteiger partial charge on any atom is 0.221 e. The molecule has 1 aromatic carbocycles. The summed E-state index contributed by atoms with van der Waals surface area (Å²) in [7, 11) is 0. The van der Waals surface area contributed by atoms with Crippen LogP contribution in [0.25, 0.3) is 0 Å². The summed E-state index contributed by atoms with van der Waals surface area (Å²) in [5, 5.41) is 3.42. The Balaban J connectivity index is 2.15. The van der Waals surface area contributed by atoms with E-state index in [1.54, 1.807) is 0 Å². The van der Waals surface area contributed by atoms with Crippen molar-refractivity contribution in [3.05, 3.63) is 52.8 Å². The Morgan fingerprint density at radius 1 is 1.24 bits per heavy atom. The van der Waals surface area contributed by atoms with Crippen molar-refractivity contribution < 1.29 is 4.79 Å². The molecular weight excluding hydrogens is 262 g/mol. The first-order valence-electron chi connectivity index (χ1n) is 7.28. The quantitative estimate of drug-likeness (QED) is 0.857. The van der Waals surface area contributed by atoms with Crippen molar-refractivity contribution >= 4 is 11.6 Å². The van der Waals surface area contributed by atoms with E-state index < -0.39 is 0 Å². The molecule has 4 nitrogen and oxygen atoms in total. The fraction of sp³-hybridized carbons (Fsp3) is 0.353. The summed E-state index contributed by atoms with van der Waals surface area (Å²) in [5.41, 5.74) is 11.0. The molecule has 1 amide bonds. The van der Waals surface area contributed by atoms with Gasteiger partial charge in [0.1, 0.15) is 0 Å². The first kappa shape index (κ1) is 15.2. The number of anilines is 1. The number of carbonyl (C=O) groups is 1. The lowest BCUT2D eigenvalue weighted by Gasteiger charge is -2.11. The number of hydrogen-bond acceptors (Lipinski definition) is 2. The van der Waals surface area contributed by atoms with Crippen LogP contribution in [-0.4, -0.2) is 10.5 Å². The minimum absolute atomic E-state index is 0.261. The summed E-state index contributed by atoms with van der Waals surface area (Å²) in [4.78, 5) is 11.1. The van der Waals surface area contributed by atoms with Crippen LogP contribution >= 0.6 is 0 Å². The maximum atomic E-state index is 11.1. The molecule has 0 bridgehead atoms. The van der Waals surface area contributed by atoms with Gasteiger partial charge in [0.2, 0.25) is 5.91 Å². The Morgan fingerprint density at radius 3 is 2.57 bits per heavy atom. The number of nitrogens with two attached hydrogens (primary N) is 1. The van der Waals surface area contributed by atoms with Crippen LogP contribution in [0.3, 0.4) is 0 Å². The van der Waals surface area contributed by atoms with Crippen molar-refractivity contribution in [2.75, 3.05) is 5.32 Å². The molecule has 0 radical (unpaired) electrons. The monoisotopic (exact) mass is 285 g/mol. The van der Waals surface area contributed by atoms with Crippen molar-refractivity contribution in [3.8, 4) is 0 Å². The van der Waals surface area contributed by atoms with E-state index in [-0.39, 0.29) is 12.3 Å². The average molecular weight is 285 g/mol. The van der Waals surface area contributed by atoms with E-state index in [1.165, 1.54) is 17.0 Å². The van der Waals surface area contributed by atoms with Gasteiger partial charge in [-0.3, -0.25) is 4.79 Å². The Labute approximate surface area is 126 Å². The van der Waals surface area contributed by atoms with Crippen LogP contribution in [0.5, 0.6) is 0 Å². The summed E-state index contributed by atoms with van der Waals surface area (Å²) in [6.45, 7) is 8.15. The molecule has 0 fully saturated rings. The molecule has 2 aromatic rings. The summed E-state index contributed by atoms with van der Waals surface area (Å²) in [5.74, 6) is -0.312. The molecule has 0 saturated heterocycles. The zero-order valence-electron chi connectivity index (χ0n) is 12.9. The lowest BCUT2D eigenvalue weighted by molar-refractivity contribution is -0.117. The Bertz CT molecular complexity index is 643. The van der Waals surface area contributed by atoms with Crippen molar-refractivity contribution in [2.45, 2.75) is 40.3 Å². The number of amides is 1. The number of primary amides is 1. The molecule has 4 heteroatoms. The number of nitrogens with zero attached hydrogens (tertiary/aromatic N) is 1. The molecule has 0 unspecified atom stereocenters. The van der Waals surface area contributed by atoms with Crippen molar-refractivity contribution in [2.24, 2.45) is 5.73 Å². The van der Waals surface area contributed by atoms with Crippen LogP contribution in [0.2, 0.25) is 0 Å². The lowest BCUT2D eigenvalue weighted by atomic mass is 10.1. The van der Waals surface area contributed by atoms with Gasteiger partial charge in [-0.15, -0.1) is 0 Å². The minimum atomic E-state index is -0.312. The zero-order chi connectivity index (χ0) is 15.4. The van der Waals surface area contributed by atoms with Crippen molar-refractivity contribution in [1.82, 2.24) is 4.57 Å². The molecule has 112 valence electrons. The predicted molar refractivity (Wildman–Crippen MR) is 86.2 cm³/mol. The average Bonchev–Trinajstić information content (AvgIpc) is 2.71. The van der Waals surface area contributed by atoms with Crippen LogP contribution in [-0.2, 0) is 24.3 Å². The van der Waals surface area contributed by atoms with Gasteiger partial charge in [0.15, 0.2) is 0 Å². The number of para-hydroxylation sites is 1. The molecule has 21 heavy (non-hydrogen) atoms. The highest BCUT2D eigenvalue weighted by molar-refractivity contribution is 5.78. The molecular formula is C17H23N3O. The smallest absolute Gasteiger partial charge is 0.221 e. The fourth-order valence-electron chi connectivity index (χ4n) is 2.76. The van der Waals surface area contributed by atoms with Gasteiger partial charge < -0.3 is 15.6 Å². The highest BCUT2D eigenvalue weighted by Crippen LogP contribution is 2.19. The number of hydrogen-bond donors (Lipinski definition) is 2. The molecule has 2 rings (SSSR count). The van der Waals surface area contributed by atoms with Crippen LogP contribution < -0.4 is 11.1 Å². The fourth-order valence-corrected chi connectivity index (χ4v) is 2.76. The van der Waals surface area contributed by atoms with Gasteiger partial charge in [-0.25, -0.2) is 0 Å². The Hall–Kier alpha value is -2.23. The van der Waals surface area contributed by atoms with Gasteiger partial charge in [0, 0.05) is 30.2 Å². The molecule has 0 aliphatic heterocycles. The number of carbonyl (C=O) groups excluding carboxylic acids is 1. The Morgan fingerprint density at radius 2 is 1.95 bits per heavy atom. The number of rotatable bonds is 6. The van der Waals surface area contributed by atoms with Crippen LogP contribution in [0.4, 0.5) is 5.69 Å². The topological polar surface area (TPSA) is 60.1 Å². The SMILES string of the molecule is CCn1c(C)cc(CNc2ccccc2CC(N)=O)c1C. The van der Waals surface area contributed by atoms with Crippen LogP contribution in [0.15, 0.2) is 30.3 Å². The summed E-state index contributed by atoms with van der Waals surface area (Å²) < 4.78 is 2.30. The molecule has 0 saturated carbocycles. The maximum absolute atomic E-state index is 11.1. The molecule has 3 N–H and O–H groups in total. The summed E-state index contributed by atoms with van der Waals surface area (Å²) in [6.07, 6.45) is 0.261. The second-order valence-electron chi connectivity index (χ2n) is 5.29. The van der Waals surface area contributed by atoms with Gasteiger partial charge in [0.05, 0.1) is 6.42 Å². The predicted octanol–water partition coefficient (Wildman–Crippen LogP) is 2.76. The molecule has 0 aliphatic carbocycles. The third-order valence-corrected chi connectivity index (χ3v) is 3.85. The van der Waals surface area contributed by atoms with E-state index in [9.17, 15) is 4.79 Å². The molecule has 0 aliphatic rings. The highest BCUT2D eigenvalue weighted by atomic mass is 16.1. The van der Waals surface area contributed by atoms with E-state index in [0.29, 0.717) is 0 Å². The van der Waals surface area contributed by atoms with E-state index >= 15 is 0 Å². The van der Waals surface area contributed by atoms with Gasteiger partial charge in [0.25, 0.3) is 0 Å². The first-order valence-corrected chi connectivity index (χ1v) is 7.28. The van der Waals surface area contributed by atoms with Gasteiger partial charge in [-0.1, -0.05) is 18.2 Å². The van der Waals surface area contributed by atoms with Gasteiger partial charge >= 0.3 is 0 Å². The third-order valence-electron chi connectivity index (χ3n) is 3.85. The molecule has 1 heterocycles. The normalized spacial score (nSPS) is 10.6. The van der Waals surface area contributed by atoms with Gasteiger partial charge in [-0.2, -0.15) is 0 Å². The van der Waals surface area contributed by atoms with E-state index in [2.05, 4.69) is 36.7 Å². The van der Waals surface area contributed by atoms with E-state index in [4.69, 9.17) is 5.73 Å². The second-order valence-corrected chi connectivity index (χ2v) is 5.29. The first-order chi connectivity index (χ1) is 10.0.